The molecule has 0 saturated carbocycles. The minimum absolute atomic E-state index is 0.205. The highest BCUT2D eigenvalue weighted by molar-refractivity contribution is 7.93. The van der Waals surface area contributed by atoms with Crippen molar-refractivity contribution in [3.05, 3.63) is 70.1 Å². The van der Waals surface area contributed by atoms with E-state index in [1.54, 1.807) is 37.3 Å². The number of rotatable bonds is 2. The van der Waals surface area contributed by atoms with Crippen LogP contribution >= 0.6 is 11.6 Å². The fraction of sp³-hybridized carbons (Fsp3) is 0.167. The van der Waals surface area contributed by atoms with Gasteiger partial charge in [0.1, 0.15) is 0 Å². The Labute approximate surface area is 150 Å². The van der Waals surface area contributed by atoms with Crippen LogP contribution in [0.15, 0.2) is 53.7 Å². The average Bonchev–Trinajstić information content (AvgIpc) is 2.97. The summed E-state index contributed by atoms with van der Waals surface area (Å²) < 4.78 is 28.8. The van der Waals surface area contributed by atoms with Gasteiger partial charge < -0.3 is 5.21 Å². The summed E-state index contributed by atoms with van der Waals surface area (Å²) in [5.74, 6) is 0. The maximum atomic E-state index is 13.4. The van der Waals surface area contributed by atoms with Gasteiger partial charge in [-0.15, -0.1) is 0 Å². The fourth-order valence-electron chi connectivity index (χ4n) is 3.41. The maximum Gasteiger partial charge on any atom is 0.264 e. The molecule has 1 aliphatic heterocycles. The minimum Gasteiger partial charge on any atom is -0.619 e. The summed E-state index contributed by atoms with van der Waals surface area (Å²) in [7, 11) is -3.77. The van der Waals surface area contributed by atoms with Crippen LogP contribution in [0.2, 0.25) is 5.02 Å². The van der Waals surface area contributed by atoms with Gasteiger partial charge in [-0.25, -0.2) is 8.42 Å². The van der Waals surface area contributed by atoms with E-state index in [9.17, 15) is 13.6 Å². The summed E-state index contributed by atoms with van der Waals surface area (Å²) in [5, 5.41) is 13.3. The third-order valence-electron chi connectivity index (χ3n) is 4.51. The van der Waals surface area contributed by atoms with Crippen molar-refractivity contribution in [3.63, 3.8) is 0 Å². The highest BCUT2D eigenvalue weighted by Crippen LogP contribution is 2.37. The summed E-state index contributed by atoms with van der Waals surface area (Å²) in [6.45, 7) is 2.12. The van der Waals surface area contributed by atoms with Crippen LogP contribution in [-0.4, -0.2) is 15.0 Å². The third kappa shape index (κ3) is 2.53. The van der Waals surface area contributed by atoms with Crippen LogP contribution < -0.4 is 9.04 Å². The molecular weight excluding hydrogens is 360 g/mol. The van der Waals surface area contributed by atoms with Crippen LogP contribution in [0.5, 0.6) is 0 Å². The average molecular weight is 375 g/mol. The van der Waals surface area contributed by atoms with Gasteiger partial charge in [0.2, 0.25) is 0 Å². The Kier molecular flexibility index (Phi) is 3.63. The first kappa shape index (κ1) is 16.2. The van der Waals surface area contributed by atoms with Crippen LogP contribution in [-0.2, 0) is 16.4 Å². The lowest BCUT2D eigenvalue weighted by atomic mass is 10.1. The zero-order valence-corrected chi connectivity index (χ0v) is 15.0. The van der Waals surface area contributed by atoms with E-state index in [2.05, 4.69) is 0 Å². The first-order chi connectivity index (χ1) is 11.9. The van der Waals surface area contributed by atoms with Crippen molar-refractivity contribution in [3.8, 4) is 0 Å². The summed E-state index contributed by atoms with van der Waals surface area (Å²) in [6.07, 6.45) is 3.42. The SMILES string of the molecule is Cc1c[n+]([O-])cc2cccc(S(=O)(=O)N3CCc4ccc(Cl)cc43)c12. The predicted molar refractivity (Wildman–Crippen MR) is 97.3 cm³/mol. The second-order valence-corrected chi connectivity index (χ2v) is 8.39. The van der Waals surface area contributed by atoms with Crippen LogP contribution in [0, 0.1) is 12.1 Å². The number of fused-ring (bicyclic) bond motifs is 2. The molecule has 0 radical (unpaired) electrons. The predicted octanol–water partition coefficient (Wildman–Crippen LogP) is 3.19. The number of halogens is 1. The molecular formula is C18H15ClN2O3S. The number of anilines is 1. The first-order valence-electron chi connectivity index (χ1n) is 7.81. The lowest BCUT2D eigenvalue weighted by Crippen LogP contribution is -2.30. The molecule has 0 amide bonds. The van der Waals surface area contributed by atoms with E-state index >= 15 is 0 Å². The summed E-state index contributed by atoms with van der Waals surface area (Å²) in [5.41, 5.74) is 2.21. The van der Waals surface area contributed by atoms with Crippen molar-refractivity contribution in [1.29, 1.82) is 0 Å². The molecule has 2 aromatic carbocycles. The maximum absolute atomic E-state index is 13.4. The van der Waals surface area contributed by atoms with E-state index in [0.29, 0.717) is 44.7 Å². The van der Waals surface area contributed by atoms with Crippen LogP contribution in [0.3, 0.4) is 0 Å². The zero-order chi connectivity index (χ0) is 17.8. The highest BCUT2D eigenvalue weighted by Gasteiger charge is 2.32. The van der Waals surface area contributed by atoms with Crippen molar-refractivity contribution < 1.29 is 13.1 Å². The largest absolute Gasteiger partial charge is 0.619 e. The number of aromatic nitrogens is 1. The number of hydrogen-bond acceptors (Lipinski definition) is 3. The Morgan fingerprint density at radius 3 is 2.80 bits per heavy atom. The second kappa shape index (κ2) is 5.61. The molecule has 0 bridgehead atoms. The van der Waals surface area contributed by atoms with E-state index in [4.69, 9.17) is 11.6 Å². The summed E-state index contributed by atoms with van der Waals surface area (Å²) in [4.78, 5) is 0.205. The van der Waals surface area contributed by atoms with Gasteiger partial charge in [-0.3, -0.25) is 4.31 Å². The molecule has 5 nitrogen and oxygen atoms in total. The number of hydrogen-bond donors (Lipinski definition) is 0. The van der Waals surface area contributed by atoms with Gasteiger partial charge in [-0.05, 0) is 43.2 Å². The van der Waals surface area contributed by atoms with Gasteiger partial charge >= 0.3 is 0 Å². The molecule has 25 heavy (non-hydrogen) atoms. The number of sulfonamides is 1. The summed E-state index contributed by atoms with van der Waals surface area (Å²) in [6, 6.07) is 10.3. The van der Waals surface area contributed by atoms with Crippen LogP contribution in [0.4, 0.5) is 5.69 Å². The molecule has 0 N–H and O–H groups in total. The van der Waals surface area contributed by atoms with Gasteiger partial charge in [-0.1, -0.05) is 23.7 Å². The fourth-order valence-corrected chi connectivity index (χ4v) is 5.37. The number of aryl methyl sites for hydroxylation is 1. The molecule has 128 valence electrons. The van der Waals surface area contributed by atoms with Crippen molar-refractivity contribution in [2.24, 2.45) is 0 Å². The molecule has 4 rings (SSSR count). The molecule has 3 aromatic rings. The van der Waals surface area contributed by atoms with Gasteiger partial charge in [0.15, 0.2) is 12.4 Å². The molecule has 2 heterocycles. The van der Waals surface area contributed by atoms with Crippen LogP contribution in [0.25, 0.3) is 10.8 Å². The number of benzene rings is 2. The Bertz CT molecular complexity index is 1110. The van der Waals surface area contributed by atoms with Crippen molar-refractivity contribution >= 4 is 38.1 Å². The molecule has 0 saturated heterocycles. The van der Waals surface area contributed by atoms with E-state index in [1.165, 1.54) is 16.7 Å². The van der Waals surface area contributed by atoms with E-state index < -0.39 is 10.0 Å². The van der Waals surface area contributed by atoms with E-state index in [1.807, 2.05) is 6.07 Å². The normalized spacial score (nSPS) is 14.1. The van der Waals surface area contributed by atoms with Gasteiger partial charge in [0, 0.05) is 27.9 Å². The molecule has 0 fully saturated rings. The van der Waals surface area contributed by atoms with Gasteiger partial charge in [0.05, 0.1) is 10.6 Å². The molecule has 1 aromatic heterocycles. The minimum atomic E-state index is -3.77. The van der Waals surface area contributed by atoms with Crippen molar-refractivity contribution in [2.45, 2.75) is 18.2 Å². The quantitative estimate of drug-likeness (QED) is 0.511. The van der Waals surface area contributed by atoms with Gasteiger partial charge in [-0.2, -0.15) is 4.73 Å². The summed E-state index contributed by atoms with van der Waals surface area (Å²) >= 11 is 6.06. The van der Waals surface area contributed by atoms with E-state index in [-0.39, 0.29) is 4.90 Å². The topological polar surface area (TPSA) is 64.3 Å². The first-order valence-corrected chi connectivity index (χ1v) is 9.63. The smallest absolute Gasteiger partial charge is 0.264 e. The zero-order valence-electron chi connectivity index (χ0n) is 13.4. The molecule has 0 unspecified atom stereocenters. The van der Waals surface area contributed by atoms with E-state index in [0.717, 1.165) is 5.56 Å². The number of pyridine rings is 1. The number of nitrogens with zero attached hydrogens (tertiary/aromatic N) is 2. The Balaban J connectivity index is 1.94. The standard InChI is InChI=1S/C18H15ClN2O3S/c1-12-10-20(22)11-14-3-2-4-17(18(12)14)25(23,24)21-8-7-13-5-6-15(19)9-16(13)21/h2-6,9-11H,7-8H2,1H3. The highest BCUT2D eigenvalue weighted by atomic mass is 35.5. The lowest BCUT2D eigenvalue weighted by Gasteiger charge is -2.21. The Morgan fingerprint density at radius 1 is 1.20 bits per heavy atom. The Morgan fingerprint density at radius 2 is 2.00 bits per heavy atom. The molecule has 0 atom stereocenters. The second-order valence-electron chi connectivity index (χ2n) is 6.12. The van der Waals surface area contributed by atoms with Gasteiger partial charge in [0.25, 0.3) is 10.0 Å². The monoisotopic (exact) mass is 374 g/mol. The molecule has 7 heteroatoms. The lowest BCUT2D eigenvalue weighted by molar-refractivity contribution is -0.604. The molecule has 0 spiro atoms. The third-order valence-corrected chi connectivity index (χ3v) is 6.60. The van der Waals surface area contributed by atoms with Crippen molar-refractivity contribution in [1.82, 2.24) is 0 Å². The van der Waals surface area contributed by atoms with Crippen molar-refractivity contribution in [2.75, 3.05) is 10.8 Å². The molecule has 0 aliphatic carbocycles. The Hall–Kier alpha value is -2.31. The molecule has 1 aliphatic rings. The van der Waals surface area contributed by atoms with Crippen LogP contribution in [0.1, 0.15) is 11.1 Å².